The molecule has 1 unspecified atom stereocenters. The Bertz CT molecular complexity index is 279. The maximum atomic E-state index is 5.36. The maximum absolute atomic E-state index is 5.36. The van der Waals surface area contributed by atoms with Crippen LogP contribution in [0.4, 0.5) is 0 Å². The molecule has 0 amide bonds. The lowest BCUT2D eigenvalue weighted by Crippen LogP contribution is -2.40. The summed E-state index contributed by atoms with van der Waals surface area (Å²) in [5.41, 5.74) is 0. The Morgan fingerprint density at radius 1 is 1.40 bits per heavy atom. The normalized spacial score (nSPS) is 19.9. The Kier molecular flexibility index (Phi) is 8.67. The summed E-state index contributed by atoms with van der Waals surface area (Å²) in [6.45, 7) is 14.5. The van der Waals surface area contributed by atoms with E-state index in [1.54, 1.807) is 0 Å². The van der Waals surface area contributed by atoms with E-state index < -0.39 is 0 Å². The van der Waals surface area contributed by atoms with E-state index in [0.29, 0.717) is 0 Å². The summed E-state index contributed by atoms with van der Waals surface area (Å²) in [7, 11) is 0. The number of hydrogen-bond acceptors (Lipinski definition) is 2. The molecular formula is C16H33N3O. The Hall–Kier alpha value is -0.770. The highest BCUT2D eigenvalue weighted by molar-refractivity contribution is 5.80. The van der Waals surface area contributed by atoms with Gasteiger partial charge in [-0.2, -0.15) is 0 Å². The van der Waals surface area contributed by atoms with Gasteiger partial charge in [-0.3, -0.25) is 4.99 Å². The average Bonchev–Trinajstić information content (AvgIpc) is 2.84. The molecule has 0 bridgehead atoms. The SMILES string of the molecule is CCNC(=NCCCOCC)N1CCC(CC(C)C)C1. The van der Waals surface area contributed by atoms with E-state index in [9.17, 15) is 0 Å². The molecule has 1 saturated heterocycles. The molecule has 0 aromatic heterocycles. The number of nitrogens with one attached hydrogen (secondary N) is 1. The minimum Gasteiger partial charge on any atom is -0.382 e. The molecular weight excluding hydrogens is 250 g/mol. The van der Waals surface area contributed by atoms with Crippen molar-refractivity contribution >= 4 is 5.96 Å². The van der Waals surface area contributed by atoms with E-state index in [1.807, 2.05) is 6.92 Å². The van der Waals surface area contributed by atoms with Gasteiger partial charge >= 0.3 is 0 Å². The van der Waals surface area contributed by atoms with E-state index in [4.69, 9.17) is 9.73 Å². The fraction of sp³-hybridized carbons (Fsp3) is 0.938. The molecule has 1 N–H and O–H groups in total. The molecule has 1 aliphatic rings. The van der Waals surface area contributed by atoms with Crippen molar-refractivity contribution in [1.82, 2.24) is 10.2 Å². The molecule has 1 rings (SSSR count). The number of rotatable bonds is 8. The first-order valence-electron chi connectivity index (χ1n) is 8.28. The second-order valence-electron chi connectivity index (χ2n) is 6.02. The molecule has 0 saturated carbocycles. The van der Waals surface area contributed by atoms with Crippen molar-refractivity contribution in [2.45, 2.75) is 47.0 Å². The lowest BCUT2D eigenvalue weighted by molar-refractivity contribution is 0.146. The lowest BCUT2D eigenvalue weighted by atomic mass is 9.97. The second kappa shape index (κ2) is 10.0. The van der Waals surface area contributed by atoms with Crippen LogP contribution in [0.3, 0.4) is 0 Å². The van der Waals surface area contributed by atoms with E-state index in [0.717, 1.165) is 63.6 Å². The van der Waals surface area contributed by atoms with E-state index in [-0.39, 0.29) is 0 Å². The van der Waals surface area contributed by atoms with Gasteiger partial charge in [-0.25, -0.2) is 0 Å². The third-order valence-electron chi connectivity index (χ3n) is 3.64. The molecule has 0 aliphatic carbocycles. The summed E-state index contributed by atoms with van der Waals surface area (Å²) >= 11 is 0. The van der Waals surface area contributed by atoms with Crippen molar-refractivity contribution in [3.63, 3.8) is 0 Å². The molecule has 0 aromatic rings. The molecule has 0 aromatic carbocycles. The number of hydrogen-bond donors (Lipinski definition) is 1. The van der Waals surface area contributed by atoms with Crippen LogP contribution in [0.1, 0.15) is 47.0 Å². The monoisotopic (exact) mass is 283 g/mol. The van der Waals surface area contributed by atoms with Crippen LogP contribution in [0.5, 0.6) is 0 Å². The maximum Gasteiger partial charge on any atom is 0.193 e. The van der Waals surface area contributed by atoms with Gasteiger partial charge in [0.05, 0.1) is 0 Å². The predicted octanol–water partition coefficient (Wildman–Crippen LogP) is 2.75. The quantitative estimate of drug-likeness (QED) is 0.423. The van der Waals surface area contributed by atoms with Gasteiger partial charge in [0.1, 0.15) is 0 Å². The molecule has 20 heavy (non-hydrogen) atoms. The zero-order valence-corrected chi connectivity index (χ0v) is 13.8. The van der Waals surface area contributed by atoms with Crippen molar-refractivity contribution in [2.75, 3.05) is 39.4 Å². The number of ether oxygens (including phenoxy) is 1. The summed E-state index contributed by atoms with van der Waals surface area (Å²) < 4.78 is 5.36. The number of likely N-dealkylation sites (tertiary alicyclic amines) is 1. The van der Waals surface area contributed by atoms with E-state index >= 15 is 0 Å². The third kappa shape index (κ3) is 6.60. The summed E-state index contributed by atoms with van der Waals surface area (Å²) in [6, 6.07) is 0. The van der Waals surface area contributed by atoms with Gasteiger partial charge in [0.15, 0.2) is 5.96 Å². The highest BCUT2D eigenvalue weighted by Crippen LogP contribution is 2.23. The molecule has 1 fully saturated rings. The summed E-state index contributed by atoms with van der Waals surface area (Å²) in [6.07, 6.45) is 3.65. The minimum atomic E-state index is 0.797. The van der Waals surface area contributed by atoms with Crippen LogP contribution < -0.4 is 5.32 Å². The zero-order valence-electron chi connectivity index (χ0n) is 13.8. The first kappa shape index (κ1) is 17.3. The van der Waals surface area contributed by atoms with Gasteiger partial charge in [0.25, 0.3) is 0 Å². The van der Waals surface area contributed by atoms with Crippen LogP contribution in [0.2, 0.25) is 0 Å². The fourth-order valence-corrected chi connectivity index (χ4v) is 2.81. The van der Waals surface area contributed by atoms with Crippen molar-refractivity contribution < 1.29 is 4.74 Å². The fourth-order valence-electron chi connectivity index (χ4n) is 2.81. The van der Waals surface area contributed by atoms with Crippen LogP contribution in [0.25, 0.3) is 0 Å². The van der Waals surface area contributed by atoms with E-state index in [2.05, 4.69) is 31.0 Å². The largest absolute Gasteiger partial charge is 0.382 e. The summed E-state index contributed by atoms with van der Waals surface area (Å²) in [4.78, 5) is 7.16. The third-order valence-corrected chi connectivity index (χ3v) is 3.64. The molecule has 0 radical (unpaired) electrons. The Morgan fingerprint density at radius 3 is 2.85 bits per heavy atom. The average molecular weight is 283 g/mol. The summed E-state index contributed by atoms with van der Waals surface area (Å²) in [5.74, 6) is 2.73. The topological polar surface area (TPSA) is 36.9 Å². The minimum absolute atomic E-state index is 0.797. The molecule has 118 valence electrons. The van der Waals surface area contributed by atoms with Gasteiger partial charge in [-0.1, -0.05) is 13.8 Å². The first-order valence-corrected chi connectivity index (χ1v) is 8.28. The number of aliphatic imine (C=N–C) groups is 1. The van der Waals surface area contributed by atoms with Crippen LogP contribution in [-0.4, -0.2) is 50.3 Å². The van der Waals surface area contributed by atoms with Crippen molar-refractivity contribution in [1.29, 1.82) is 0 Å². The van der Waals surface area contributed by atoms with Gasteiger partial charge < -0.3 is 15.0 Å². The van der Waals surface area contributed by atoms with Crippen LogP contribution >= 0.6 is 0 Å². The molecule has 1 atom stereocenters. The summed E-state index contributed by atoms with van der Waals surface area (Å²) in [5, 5.41) is 3.42. The van der Waals surface area contributed by atoms with Crippen molar-refractivity contribution in [3.05, 3.63) is 0 Å². The highest BCUT2D eigenvalue weighted by atomic mass is 16.5. The Labute approximate surface area is 125 Å². The van der Waals surface area contributed by atoms with Crippen LogP contribution in [-0.2, 0) is 4.74 Å². The van der Waals surface area contributed by atoms with Gasteiger partial charge in [-0.05, 0) is 44.9 Å². The lowest BCUT2D eigenvalue weighted by Gasteiger charge is -2.22. The zero-order chi connectivity index (χ0) is 14.8. The number of nitrogens with zero attached hydrogens (tertiary/aromatic N) is 2. The molecule has 4 heteroatoms. The Balaban J connectivity index is 2.39. The second-order valence-corrected chi connectivity index (χ2v) is 6.02. The van der Waals surface area contributed by atoms with E-state index in [1.165, 1.54) is 12.8 Å². The molecule has 0 spiro atoms. The first-order chi connectivity index (χ1) is 9.67. The molecule has 1 heterocycles. The van der Waals surface area contributed by atoms with Gasteiger partial charge in [0.2, 0.25) is 0 Å². The van der Waals surface area contributed by atoms with Gasteiger partial charge in [-0.15, -0.1) is 0 Å². The van der Waals surface area contributed by atoms with Crippen LogP contribution in [0, 0.1) is 11.8 Å². The number of guanidine groups is 1. The highest BCUT2D eigenvalue weighted by Gasteiger charge is 2.25. The predicted molar refractivity (Wildman–Crippen MR) is 86.2 cm³/mol. The standard InChI is InChI=1S/C16H33N3O/c1-5-17-16(18-9-7-11-20-6-2)19-10-8-15(13-19)12-14(3)4/h14-15H,5-13H2,1-4H3,(H,17,18). The van der Waals surface area contributed by atoms with Crippen LogP contribution in [0.15, 0.2) is 4.99 Å². The molecule has 1 aliphatic heterocycles. The Morgan fingerprint density at radius 2 is 2.20 bits per heavy atom. The van der Waals surface area contributed by atoms with Gasteiger partial charge in [0, 0.05) is 39.4 Å². The van der Waals surface area contributed by atoms with Crippen molar-refractivity contribution in [2.24, 2.45) is 16.8 Å². The van der Waals surface area contributed by atoms with Crippen molar-refractivity contribution in [3.8, 4) is 0 Å². The molecule has 4 nitrogen and oxygen atoms in total. The smallest absolute Gasteiger partial charge is 0.193 e.